The summed E-state index contributed by atoms with van der Waals surface area (Å²) in [4.78, 5) is 0. The number of aliphatic hydroxyl groups excluding tert-OH is 1. The molecule has 78 valence electrons. The Labute approximate surface area is 80.3 Å². The summed E-state index contributed by atoms with van der Waals surface area (Å²) in [6, 6.07) is 0. The van der Waals surface area contributed by atoms with E-state index in [-0.39, 0.29) is 23.7 Å². The van der Waals surface area contributed by atoms with E-state index in [1.165, 1.54) is 0 Å². The molecule has 1 fully saturated rings. The number of rotatable bonds is 3. The second-order valence-corrected chi connectivity index (χ2v) is 4.15. The molecular formula is C10H21NO2. The highest BCUT2D eigenvalue weighted by atomic mass is 16.5. The van der Waals surface area contributed by atoms with Crippen LogP contribution in [0.15, 0.2) is 0 Å². The van der Waals surface area contributed by atoms with Crippen molar-refractivity contribution in [2.24, 2.45) is 11.1 Å². The Morgan fingerprint density at radius 1 is 1.62 bits per heavy atom. The van der Waals surface area contributed by atoms with Gasteiger partial charge in [0.05, 0.1) is 18.3 Å². The van der Waals surface area contributed by atoms with Crippen molar-refractivity contribution in [2.75, 3.05) is 6.54 Å². The van der Waals surface area contributed by atoms with E-state index in [2.05, 4.69) is 0 Å². The zero-order chi connectivity index (χ0) is 10.1. The van der Waals surface area contributed by atoms with Gasteiger partial charge in [-0.2, -0.15) is 0 Å². The van der Waals surface area contributed by atoms with Gasteiger partial charge in [0.15, 0.2) is 0 Å². The average molecular weight is 187 g/mol. The van der Waals surface area contributed by atoms with Gasteiger partial charge < -0.3 is 15.6 Å². The van der Waals surface area contributed by atoms with E-state index in [9.17, 15) is 5.11 Å². The van der Waals surface area contributed by atoms with Crippen LogP contribution in [0.3, 0.4) is 0 Å². The lowest BCUT2D eigenvalue weighted by atomic mass is 9.74. The Balaban J connectivity index is 2.80. The normalized spacial score (nSPS) is 42.2. The maximum absolute atomic E-state index is 9.94. The summed E-state index contributed by atoms with van der Waals surface area (Å²) < 4.78 is 5.65. The van der Waals surface area contributed by atoms with Gasteiger partial charge in [0.25, 0.3) is 0 Å². The van der Waals surface area contributed by atoms with E-state index >= 15 is 0 Å². The Kier molecular flexibility index (Phi) is 3.33. The van der Waals surface area contributed by atoms with Crippen LogP contribution in [0.25, 0.3) is 0 Å². The maximum Gasteiger partial charge on any atom is 0.0644 e. The monoisotopic (exact) mass is 187 g/mol. The molecule has 1 rings (SSSR count). The Bertz CT molecular complexity index is 168. The minimum absolute atomic E-state index is 0.0717. The SMILES string of the molecule is CCC(O)C1(CN)CC(C)OC1C. The predicted octanol–water partition coefficient (Wildman–Crippen LogP) is 0.900. The van der Waals surface area contributed by atoms with Crippen LogP contribution in [0.1, 0.15) is 33.6 Å². The molecule has 0 aromatic rings. The number of nitrogens with two attached hydrogens (primary N) is 1. The standard InChI is InChI=1S/C10H21NO2/c1-4-9(12)10(6-11)5-7(2)13-8(10)3/h7-9,12H,4-6,11H2,1-3H3. The van der Waals surface area contributed by atoms with Gasteiger partial charge in [-0.15, -0.1) is 0 Å². The zero-order valence-corrected chi connectivity index (χ0v) is 8.79. The summed E-state index contributed by atoms with van der Waals surface area (Å²) in [7, 11) is 0. The molecule has 0 spiro atoms. The number of aliphatic hydroxyl groups is 1. The van der Waals surface area contributed by atoms with Gasteiger partial charge in [0, 0.05) is 12.0 Å². The molecule has 3 nitrogen and oxygen atoms in total. The van der Waals surface area contributed by atoms with Crippen molar-refractivity contribution in [2.45, 2.75) is 51.9 Å². The second kappa shape index (κ2) is 3.95. The summed E-state index contributed by atoms with van der Waals surface area (Å²) in [5, 5.41) is 9.94. The third kappa shape index (κ3) is 1.73. The van der Waals surface area contributed by atoms with Crippen molar-refractivity contribution in [1.82, 2.24) is 0 Å². The summed E-state index contributed by atoms with van der Waals surface area (Å²) in [5.41, 5.74) is 5.54. The number of hydrogen-bond acceptors (Lipinski definition) is 3. The minimum Gasteiger partial charge on any atom is -0.392 e. The molecule has 0 radical (unpaired) electrons. The van der Waals surface area contributed by atoms with Crippen LogP contribution in [-0.2, 0) is 4.74 Å². The third-order valence-corrected chi connectivity index (χ3v) is 3.34. The van der Waals surface area contributed by atoms with Gasteiger partial charge in [0.1, 0.15) is 0 Å². The van der Waals surface area contributed by atoms with Crippen LogP contribution < -0.4 is 5.73 Å². The van der Waals surface area contributed by atoms with Crippen LogP contribution in [0, 0.1) is 5.41 Å². The average Bonchev–Trinajstić information content (AvgIpc) is 2.40. The van der Waals surface area contributed by atoms with Crippen molar-refractivity contribution >= 4 is 0 Å². The first-order valence-electron chi connectivity index (χ1n) is 5.10. The van der Waals surface area contributed by atoms with Gasteiger partial charge in [-0.3, -0.25) is 0 Å². The van der Waals surface area contributed by atoms with Gasteiger partial charge in [-0.05, 0) is 26.7 Å². The molecule has 4 atom stereocenters. The summed E-state index contributed by atoms with van der Waals surface area (Å²) in [6.07, 6.45) is 1.58. The van der Waals surface area contributed by atoms with E-state index in [1.54, 1.807) is 0 Å². The van der Waals surface area contributed by atoms with Crippen molar-refractivity contribution in [3.8, 4) is 0 Å². The first-order valence-corrected chi connectivity index (χ1v) is 5.10. The first kappa shape index (κ1) is 11.0. The molecule has 0 aromatic heterocycles. The molecule has 4 unspecified atom stereocenters. The van der Waals surface area contributed by atoms with E-state index in [0.29, 0.717) is 6.54 Å². The molecule has 1 heterocycles. The van der Waals surface area contributed by atoms with Crippen LogP contribution >= 0.6 is 0 Å². The first-order chi connectivity index (χ1) is 6.06. The van der Waals surface area contributed by atoms with Crippen molar-refractivity contribution in [3.05, 3.63) is 0 Å². The van der Waals surface area contributed by atoms with Crippen molar-refractivity contribution in [1.29, 1.82) is 0 Å². The molecule has 1 aliphatic rings. The lowest BCUT2D eigenvalue weighted by molar-refractivity contribution is -0.0318. The molecule has 3 N–H and O–H groups in total. The maximum atomic E-state index is 9.94. The van der Waals surface area contributed by atoms with Crippen LogP contribution in [0.4, 0.5) is 0 Å². The molecule has 0 saturated carbocycles. The predicted molar refractivity (Wildman–Crippen MR) is 52.4 cm³/mol. The molecular weight excluding hydrogens is 166 g/mol. The topological polar surface area (TPSA) is 55.5 Å². The summed E-state index contributed by atoms with van der Waals surface area (Å²) in [6.45, 7) is 6.54. The van der Waals surface area contributed by atoms with E-state index in [4.69, 9.17) is 10.5 Å². The highest BCUT2D eigenvalue weighted by Crippen LogP contribution is 2.41. The Morgan fingerprint density at radius 2 is 2.23 bits per heavy atom. The largest absolute Gasteiger partial charge is 0.392 e. The molecule has 0 aliphatic carbocycles. The Morgan fingerprint density at radius 3 is 2.54 bits per heavy atom. The van der Waals surface area contributed by atoms with Crippen molar-refractivity contribution in [3.63, 3.8) is 0 Å². The van der Waals surface area contributed by atoms with Crippen molar-refractivity contribution < 1.29 is 9.84 Å². The highest BCUT2D eigenvalue weighted by molar-refractivity contribution is 4.97. The van der Waals surface area contributed by atoms with Crippen LogP contribution in [0.5, 0.6) is 0 Å². The van der Waals surface area contributed by atoms with E-state index < -0.39 is 0 Å². The Hall–Kier alpha value is -0.120. The summed E-state index contributed by atoms with van der Waals surface area (Å²) in [5.74, 6) is 0. The fourth-order valence-electron chi connectivity index (χ4n) is 2.43. The fraction of sp³-hybridized carbons (Fsp3) is 1.00. The van der Waals surface area contributed by atoms with Gasteiger partial charge in [-0.1, -0.05) is 6.92 Å². The smallest absolute Gasteiger partial charge is 0.0644 e. The highest BCUT2D eigenvalue weighted by Gasteiger charge is 2.48. The van der Waals surface area contributed by atoms with E-state index in [1.807, 2.05) is 20.8 Å². The second-order valence-electron chi connectivity index (χ2n) is 4.15. The summed E-state index contributed by atoms with van der Waals surface area (Å²) >= 11 is 0. The lowest BCUT2D eigenvalue weighted by Crippen LogP contribution is -2.46. The van der Waals surface area contributed by atoms with Crippen LogP contribution in [-0.4, -0.2) is 30.0 Å². The zero-order valence-electron chi connectivity index (χ0n) is 8.79. The molecule has 0 bridgehead atoms. The molecule has 1 aliphatic heterocycles. The molecule has 1 saturated heterocycles. The molecule has 0 amide bonds. The molecule has 3 heteroatoms. The molecule has 0 aromatic carbocycles. The van der Waals surface area contributed by atoms with E-state index in [0.717, 1.165) is 12.8 Å². The minimum atomic E-state index is -0.336. The fourth-order valence-corrected chi connectivity index (χ4v) is 2.43. The van der Waals surface area contributed by atoms with Gasteiger partial charge in [-0.25, -0.2) is 0 Å². The number of hydrogen-bond donors (Lipinski definition) is 2. The molecule has 13 heavy (non-hydrogen) atoms. The third-order valence-electron chi connectivity index (χ3n) is 3.34. The quantitative estimate of drug-likeness (QED) is 0.690. The van der Waals surface area contributed by atoms with Gasteiger partial charge >= 0.3 is 0 Å². The van der Waals surface area contributed by atoms with Gasteiger partial charge in [0.2, 0.25) is 0 Å². The number of ether oxygens (including phenoxy) is 1. The van der Waals surface area contributed by atoms with Crippen LogP contribution in [0.2, 0.25) is 0 Å². The lowest BCUT2D eigenvalue weighted by Gasteiger charge is -2.35.